The molecule has 87 heavy (non-hydrogen) atoms. The van der Waals surface area contributed by atoms with Gasteiger partial charge in [0.15, 0.2) is 0 Å². The zero-order valence-corrected chi connectivity index (χ0v) is 58.6. The van der Waals surface area contributed by atoms with Crippen LogP contribution in [0.1, 0.15) is 329 Å². The molecule has 9 nitrogen and oxygen atoms in total. The van der Waals surface area contributed by atoms with E-state index in [1.807, 2.05) is 33.3 Å². The van der Waals surface area contributed by atoms with Crippen LogP contribution in [0.4, 0.5) is 0 Å². The highest BCUT2D eigenvalue weighted by atomic mass is 31.2. The molecule has 0 bridgehead atoms. The van der Waals surface area contributed by atoms with Crippen LogP contribution in [0.2, 0.25) is 0 Å². The summed E-state index contributed by atoms with van der Waals surface area (Å²) in [6.45, 7) is 6.97. The summed E-state index contributed by atoms with van der Waals surface area (Å²) in [5.41, 5.74) is 0. The summed E-state index contributed by atoms with van der Waals surface area (Å²) in [4.78, 5) is 37.9. The Kier molecular flexibility index (Phi) is 63.5. The van der Waals surface area contributed by atoms with Gasteiger partial charge in [-0.1, -0.05) is 298 Å². The van der Waals surface area contributed by atoms with Crippen LogP contribution in [0.3, 0.4) is 0 Å². The number of ether oxygens (including phenoxy) is 1. The number of nitrogens with one attached hydrogen (secondary N) is 1. The van der Waals surface area contributed by atoms with Crippen LogP contribution in [0, 0.1) is 0 Å². The third-order valence-electron chi connectivity index (χ3n) is 16.0. The van der Waals surface area contributed by atoms with Gasteiger partial charge in [-0.2, -0.15) is 0 Å². The average molecular weight is 1240 g/mol. The average Bonchev–Trinajstić information content (AvgIpc) is 3.70. The van der Waals surface area contributed by atoms with Gasteiger partial charge in [0, 0.05) is 12.8 Å². The van der Waals surface area contributed by atoms with Crippen molar-refractivity contribution < 1.29 is 37.3 Å². The van der Waals surface area contributed by atoms with Crippen LogP contribution < -0.4 is 5.32 Å². The predicted molar refractivity (Wildman–Crippen MR) is 378 cm³/mol. The Hall–Kier alpha value is -3.07. The van der Waals surface area contributed by atoms with Crippen molar-refractivity contribution in [3.05, 3.63) is 97.2 Å². The number of esters is 1. The Labute approximate surface area is 538 Å². The first-order valence-corrected chi connectivity index (χ1v) is 38.1. The van der Waals surface area contributed by atoms with Gasteiger partial charge in [-0.05, 0) is 115 Å². The Morgan fingerprint density at radius 2 is 0.701 bits per heavy atom. The molecule has 0 aliphatic carbocycles. The van der Waals surface area contributed by atoms with Crippen molar-refractivity contribution in [3.63, 3.8) is 0 Å². The number of phosphoric ester groups is 1. The highest BCUT2D eigenvalue weighted by Gasteiger charge is 2.30. The second-order valence-electron chi connectivity index (χ2n) is 25.8. The van der Waals surface area contributed by atoms with E-state index >= 15 is 0 Å². The Balaban J connectivity index is 5.02. The molecular formula is C77H140N2O7P+. The van der Waals surface area contributed by atoms with Gasteiger partial charge in [-0.15, -0.1) is 0 Å². The molecule has 0 radical (unpaired) electrons. The molecule has 3 unspecified atom stereocenters. The highest BCUT2D eigenvalue weighted by molar-refractivity contribution is 7.47. The third kappa shape index (κ3) is 67.2. The molecule has 3 atom stereocenters. The monoisotopic (exact) mass is 1240 g/mol. The molecule has 0 fully saturated rings. The SMILES string of the molecule is CCCCC/C=C\C/C=C\C/C=C\C/C=C\CCCCCCCCCCCC(=O)NC(COP(=O)(O)OCC[N+](C)(C)C)C(/C=C/CCCCCCCCCCC)OC(=O)CCCCCCCCCCCCCC/C=C\C/C=C\C/C=C\CCCCC. The normalized spacial score (nSPS) is 14.1. The lowest BCUT2D eigenvalue weighted by atomic mass is 10.0. The molecule has 0 spiro atoms. The molecule has 0 aromatic rings. The predicted octanol–water partition coefficient (Wildman–Crippen LogP) is 23.5. The molecule has 504 valence electrons. The molecule has 0 aliphatic rings. The van der Waals surface area contributed by atoms with Crippen molar-refractivity contribution in [3.8, 4) is 0 Å². The molecule has 0 rings (SSSR count). The maximum absolute atomic E-state index is 13.6. The van der Waals surface area contributed by atoms with Gasteiger partial charge in [-0.3, -0.25) is 18.6 Å². The van der Waals surface area contributed by atoms with Gasteiger partial charge in [0.05, 0.1) is 33.8 Å². The number of likely N-dealkylation sites (N-methyl/N-ethyl adjacent to an activating group) is 1. The molecule has 0 saturated carbocycles. The van der Waals surface area contributed by atoms with E-state index in [4.69, 9.17) is 13.8 Å². The maximum Gasteiger partial charge on any atom is 0.472 e. The summed E-state index contributed by atoms with van der Waals surface area (Å²) in [5, 5.41) is 3.07. The highest BCUT2D eigenvalue weighted by Crippen LogP contribution is 2.43. The first kappa shape index (κ1) is 83.9. The number of phosphoric acid groups is 1. The van der Waals surface area contributed by atoms with Crippen molar-refractivity contribution in [2.75, 3.05) is 40.9 Å². The van der Waals surface area contributed by atoms with Crippen molar-refractivity contribution in [1.29, 1.82) is 0 Å². The quantitative estimate of drug-likeness (QED) is 0.0205. The number of hydrogen-bond donors (Lipinski definition) is 2. The van der Waals surface area contributed by atoms with Crippen LogP contribution >= 0.6 is 7.82 Å². The lowest BCUT2D eigenvalue weighted by Gasteiger charge is -2.27. The summed E-state index contributed by atoms with van der Waals surface area (Å²) in [7, 11) is 1.49. The second-order valence-corrected chi connectivity index (χ2v) is 27.2. The molecule has 0 aliphatic heterocycles. The van der Waals surface area contributed by atoms with Crippen LogP contribution in [-0.4, -0.2) is 74.3 Å². The first-order chi connectivity index (χ1) is 42.4. The fraction of sp³-hybridized carbons (Fsp3) is 0.766. The lowest BCUT2D eigenvalue weighted by molar-refractivity contribution is -0.870. The standard InChI is InChI=1S/C77H139N2O7P/c1-7-10-13-16-19-22-25-27-29-31-33-35-37-39-41-43-45-47-49-51-54-57-60-63-66-69-76(80)78-74(73-85-87(82,83)84-72-71-79(4,5)6)75(68-65-62-59-56-53-24-21-18-15-12-9-3)86-77(81)70-67-64-61-58-55-52-50-48-46-44-42-40-38-36-34-32-30-28-26-23-20-17-14-11-8-2/h19-20,22-23,27-30,33-36,39,41,65,68,74-75H,7-18,21,24-26,31-32,37-38,40,42-64,66-67,69-73H2,1-6H3,(H-,78,80,82,83)/p+1/b22-19-,23-20-,29-27-,30-28-,35-33-,36-34-,41-39-,68-65+. The van der Waals surface area contributed by atoms with Gasteiger partial charge in [-0.25, -0.2) is 4.57 Å². The number of quaternary nitrogens is 1. The minimum atomic E-state index is -4.46. The van der Waals surface area contributed by atoms with Crippen LogP contribution in [0.25, 0.3) is 0 Å². The van der Waals surface area contributed by atoms with E-state index in [1.54, 1.807) is 0 Å². The van der Waals surface area contributed by atoms with Gasteiger partial charge in [0.2, 0.25) is 5.91 Å². The minimum absolute atomic E-state index is 0.0354. The molecule has 0 saturated heterocycles. The zero-order chi connectivity index (χ0) is 63.5. The van der Waals surface area contributed by atoms with Crippen LogP contribution in [-0.2, 0) is 27.9 Å². The largest absolute Gasteiger partial charge is 0.472 e. The van der Waals surface area contributed by atoms with Crippen LogP contribution in [0.5, 0.6) is 0 Å². The molecule has 2 N–H and O–H groups in total. The Bertz CT molecular complexity index is 1810. The second kappa shape index (κ2) is 65.9. The van der Waals surface area contributed by atoms with Crippen molar-refractivity contribution in [2.45, 2.75) is 341 Å². The van der Waals surface area contributed by atoms with E-state index in [9.17, 15) is 19.0 Å². The first-order valence-electron chi connectivity index (χ1n) is 36.6. The number of unbranched alkanes of at least 4 members (excludes halogenated alkanes) is 36. The fourth-order valence-electron chi connectivity index (χ4n) is 10.3. The maximum atomic E-state index is 13.6. The topological polar surface area (TPSA) is 111 Å². The van der Waals surface area contributed by atoms with Crippen molar-refractivity contribution in [1.82, 2.24) is 5.32 Å². The Morgan fingerprint density at radius 3 is 1.07 bits per heavy atom. The summed E-state index contributed by atoms with van der Waals surface area (Å²) in [5.74, 6) is -0.510. The van der Waals surface area contributed by atoms with Gasteiger partial charge in [0.25, 0.3) is 0 Å². The lowest BCUT2D eigenvalue weighted by Crippen LogP contribution is -2.47. The summed E-state index contributed by atoms with van der Waals surface area (Å²) in [6, 6.07) is -0.858. The smallest absolute Gasteiger partial charge is 0.456 e. The number of nitrogens with zero attached hydrogens (tertiary/aromatic N) is 1. The molecule has 0 aromatic carbocycles. The Morgan fingerprint density at radius 1 is 0.402 bits per heavy atom. The number of carbonyl (C=O) groups excluding carboxylic acids is 2. The summed E-state index contributed by atoms with van der Waals surface area (Å²) >= 11 is 0. The van der Waals surface area contributed by atoms with E-state index in [1.165, 1.54) is 193 Å². The molecule has 0 aromatic heterocycles. The van der Waals surface area contributed by atoms with E-state index in [0.29, 0.717) is 17.4 Å². The van der Waals surface area contributed by atoms with Gasteiger partial charge in [0.1, 0.15) is 19.3 Å². The van der Waals surface area contributed by atoms with E-state index in [0.717, 1.165) is 103 Å². The number of allylic oxidation sites excluding steroid dienone is 15. The number of amides is 1. The zero-order valence-electron chi connectivity index (χ0n) is 57.7. The molecule has 10 heteroatoms. The minimum Gasteiger partial charge on any atom is -0.456 e. The summed E-state index contributed by atoms with van der Waals surface area (Å²) < 4.78 is 30.8. The molecular weight excluding hydrogens is 1100 g/mol. The van der Waals surface area contributed by atoms with Crippen LogP contribution in [0.15, 0.2) is 97.2 Å². The van der Waals surface area contributed by atoms with E-state index in [2.05, 4.69) is 111 Å². The fourth-order valence-corrected chi connectivity index (χ4v) is 11.1. The van der Waals surface area contributed by atoms with Crippen molar-refractivity contribution >= 4 is 19.7 Å². The van der Waals surface area contributed by atoms with E-state index in [-0.39, 0.29) is 31.5 Å². The number of carbonyl (C=O) groups is 2. The van der Waals surface area contributed by atoms with Crippen molar-refractivity contribution in [2.24, 2.45) is 0 Å². The van der Waals surface area contributed by atoms with Gasteiger partial charge < -0.3 is 19.4 Å². The third-order valence-corrected chi connectivity index (χ3v) is 17.0. The summed E-state index contributed by atoms with van der Waals surface area (Å²) in [6.07, 6.45) is 89.9. The number of rotatable bonds is 66. The van der Waals surface area contributed by atoms with Gasteiger partial charge >= 0.3 is 13.8 Å². The van der Waals surface area contributed by atoms with E-state index < -0.39 is 20.0 Å². The molecule has 1 amide bonds. The molecule has 0 heterocycles. The number of hydrogen-bond acceptors (Lipinski definition) is 6.